The van der Waals surface area contributed by atoms with Gasteiger partial charge in [0, 0.05) is 37.9 Å². The average Bonchev–Trinajstić information content (AvgIpc) is 2.36. The normalized spacial score (nSPS) is 11.4. The van der Waals surface area contributed by atoms with Crippen molar-refractivity contribution in [2.45, 2.75) is 32.9 Å². The maximum atomic E-state index is 14.4. The third-order valence-electron chi connectivity index (χ3n) is 3.11. The second-order valence-electron chi connectivity index (χ2n) is 5.72. The molecule has 0 amide bonds. The fourth-order valence-electron chi connectivity index (χ4n) is 1.92. The summed E-state index contributed by atoms with van der Waals surface area (Å²) < 4.78 is 14.4. The Balaban J connectivity index is 2.67. The van der Waals surface area contributed by atoms with Gasteiger partial charge in [-0.15, -0.1) is 0 Å². The number of halogens is 1. The van der Waals surface area contributed by atoms with Gasteiger partial charge >= 0.3 is 0 Å². The minimum Gasteiger partial charge on any atom is -0.357 e. The Labute approximate surface area is 122 Å². The van der Waals surface area contributed by atoms with Gasteiger partial charge < -0.3 is 15.1 Å². The number of anilines is 1. The molecule has 4 nitrogen and oxygen atoms in total. The van der Waals surface area contributed by atoms with Crippen molar-refractivity contribution in [2.24, 2.45) is 0 Å². The smallest absolute Gasteiger partial charge is 0.170 e. The van der Waals surface area contributed by atoms with Crippen LogP contribution in [0.4, 0.5) is 10.2 Å². The van der Waals surface area contributed by atoms with E-state index in [0.717, 1.165) is 19.5 Å². The Bertz CT molecular complexity index is 407. The molecule has 20 heavy (non-hydrogen) atoms. The molecule has 1 aromatic heterocycles. The predicted octanol–water partition coefficient (Wildman–Crippen LogP) is 2.11. The maximum absolute atomic E-state index is 14.4. The van der Waals surface area contributed by atoms with Crippen molar-refractivity contribution in [1.29, 1.82) is 0 Å². The van der Waals surface area contributed by atoms with Gasteiger partial charge in [-0.1, -0.05) is 13.8 Å². The second-order valence-corrected chi connectivity index (χ2v) is 5.72. The lowest BCUT2D eigenvalue weighted by molar-refractivity contribution is 0.401. The van der Waals surface area contributed by atoms with E-state index < -0.39 is 0 Å². The molecule has 0 aliphatic carbocycles. The Morgan fingerprint density at radius 3 is 2.55 bits per heavy atom. The Morgan fingerprint density at radius 2 is 1.95 bits per heavy atom. The molecule has 0 atom stereocenters. The maximum Gasteiger partial charge on any atom is 0.170 e. The number of nitrogens with one attached hydrogen (secondary N) is 1. The number of nitrogens with zero attached hydrogens (tertiary/aromatic N) is 3. The fourth-order valence-corrected chi connectivity index (χ4v) is 1.92. The van der Waals surface area contributed by atoms with Crippen LogP contribution in [0.25, 0.3) is 0 Å². The van der Waals surface area contributed by atoms with Gasteiger partial charge in [0.1, 0.15) is 0 Å². The monoisotopic (exact) mass is 282 g/mol. The summed E-state index contributed by atoms with van der Waals surface area (Å²) in [6.07, 6.45) is 2.66. The number of hydrogen-bond donors (Lipinski definition) is 1. The molecule has 0 bridgehead atoms. The van der Waals surface area contributed by atoms with E-state index in [0.29, 0.717) is 24.0 Å². The molecule has 0 unspecified atom stereocenters. The molecule has 0 aliphatic heterocycles. The molecule has 0 spiro atoms. The summed E-state index contributed by atoms with van der Waals surface area (Å²) in [5.41, 5.74) is 0.670. The summed E-state index contributed by atoms with van der Waals surface area (Å²) in [6, 6.07) is 2.07. The summed E-state index contributed by atoms with van der Waals surface area (Å²) in [7, 11) is 5.97. The molecule has 0 radical (unpaired) electrons. The van der Waals surface area contributed by atoms with Crippen molar-refractivity contribution in [3.8, 4) is 0 Å². The Morgan fingerprint density at radius 1 is 1.25 bits per heavy atom. The minimum atomic E-state index is -0.215. The summed E-state index contributed by atoms with van der Waals surface area (Å²) >= 11 is 0. The van der Waals surface area contributed by atoms with Crippen molar-refractivity contribution in [3.05, 3.63) is 23.6 Å². The molecule has 1 rings (SSSR count). The highest BCUT2D eigenvalue weighted by atomic mass is 19.1. The zero-order chi connectivity index (χ0) is 15.1. The largest absolute Gasteiger partial charge is 0.357 e. The highest BCUT2D eigenvalue weighted by molar-refractivity contribution is 5.42. The van der Waals surface area contributed by atoms with E-state index in [9.17, 15) is 4.39 Å². The van der Waals surface area contributed by atoms with E-state index in [-0.39, 0.29) is 5.82 Å². The second kappa shape index (κ2) is 8.17. The molecule has 0 aromatic carbocycles. The lowest BCUT2D eigenvalue weighted by Gasteiger charge is -2.21. The van der Waals surface area contributed by atoms with Crippen LogP contribution >= 0.6 is 0 Å². The van der Waals surface area contributed by atoms with E-state index in [2.05, 4.69) is 15.2 Å². The number of hydrogen-bond acceptors (Lipinski definition) is 4. The van der Waals surface area contributed by atoms with Crippen molar-refractivity contribution in [2.75, 3.05) is 39.1 Å². The molecular formula is C15H27FN4. The van der Waals surface area contributed by atoms with Crippen LogP contribution < -0.4 is 10.2 Å². The van der Waals surface area contributed by atoms with Gasteiger partial charge in [-0.25, -0.2) is 9.37 Å². The number of aromatic nitrogens is 1. The van der Waals surface area contributed by atoms with Crippen LogP contribution in [0.1, 0.15) is 25.8 Å². The summed E-state index contributed by atoms with van der Waals surface area (Å²) in [4.78, 5) is 8.19. The van der Waals surface area contributed by atoms with E-state index >= 15 is 0 Å². The third-order valence-corrected chi connectivity index (χ3v) is 3.11. The lowest BCUT2D eigenvalue weighted by atomic mass is 10.2. The van der Waals surface area contributed by atoms with Gasteiger partial charge in [-0.05, 0) is 33.1 Å². The summed E-state index contributed by atoms with van der Waals surface area (Å²) in [6.45, 7) is 6.41. The van der Waals surface area contributed by atoms with Crippen molar-refractivity contribution < 1.29 is 4.39 Å². The molecule has 114 valence electrons. The average molecular weight is 282 g/mol. The van der Waals surface area contributed by atoms with Crippen LogP contribution in [0.5, 0.6) is 0 Å². The van der Waals surface area contributed by atoms with Gasteiger partial charge in [0.05, 0.1) is 0 Å². The predicted molar refractivity (Wildman–Crippen MR) is 82.6 cm³/mol. The van der Waals surface area contributed by atoms with Crippen molar-refractivity contribution in [3.63, 3.8) is 0 Å². The van der Waals surface area contributed by atoms with Crippen LogP contribution in [0.15, 0.2) is 12.3 Å². The lowest BCUT2D eigenvalue weighted by Crippen LogP contribution is -2.26. The Hall–Kier alpha value is -1.20. The standard InChI is InChI=1S/C15H27FN4/c1-12(2)18-11-13-7-8-17-15(14(13)16)20(5)10-6-9-19(3)4/h7-8,12,18H,6,9-11H2,1-5H3. The molecular weight excluding hydrogens is 255 g/mol. The number of pyridine rings is 1. The zero-order valence-electron chi connectivity index (χ0n) is 13.3. The fraction of sp³-hybridized carbons (Fsp3) is 0.667. The summed E-state index contributed by atoms with van der Waals surface area (Å²) in [5.74, 6) is 0.222. The van der Waals surface area contributed by atoms with Gasteiger partial charge in [0.25, 0.3) is 0 Å². The van der Waals surface area contributed by atoms with Crippen molar-refractivity contribution in [1.82, 2.24) is 15.2 Å². The highest BCUT2D eigenvalue weighted by Gasteiger charge is 2.13. The molecule has 0 saturated heterocycles. The first-order valence-electron chi connectivity index (χ1n) is 7.14. The topological polar surface area (TPSA) is 31.4 Å². The van der Waals surface area contributed by atoms with Crippen molar-refractivity contribution >= 4 is 5.82 Å². The van der Waals surface area contributed by atoms with E-state index in [1.54, 1.807) is 12.3 Å². The van der Waals surface area contributed by atoms with Gasteiger partial charge in [-0.2, -0.15) is 0 Å². The Kier molecular flexibility index (Phi) is 6.88. The first kappa shape index (κ1) is 16.9. The van der Waals surface area contributed by atoms with Gasteiger partial charge in [-0.3, -0.25) is 0 Å². The molecule has 1 heterocycles. The molecule has 1 N–H and O–H groups in total. The van der Waals surface area contributed by atoms with Crippen LogP contribution in [0, 0.1) is 5.82 Å². The SMILES string of the molecule is CC(C)NCc1ccnc(N(C)CCCN(C)C)c1F. The van der Waals surface area contributed by atoms with Gasteiger partial charge in [0.2, 0.25) is 0 Å². The van der Waals surface area contributed by atoms with Crippen LogP contribution in [-0.2, 0) is 6.54 Å². The first-order chi connectivity index (χ1) is 9.41. The van der Waals surface area contributed by atoms with Crippen LogP contribution in [-0.4, -0.2) is 50.2 Å². The van der Waals surface area contributed by atoms with E-state index in [1.807, 2.05) is 39.9 Å². The highest BCUT2D eigenvalue weighted by Crippen LogP contribution is 2.18. The van der Waals surface area contributed by atoms with Crippen LogP contribution in [0.3, 0.4) is 0 Å². The zero-order valence-corrected chi connectivity index (χ0v) is 13.3. The first-order valence-corrected chi connectivity index (χ1v) is 7.14. The number of rotatable bonds is 8. The molecule has 0 fully saturated rings. The quantitative estimate of drug-likeness (QED) is 0.791. The summed E-state index contributed by atoms with van der Waals surface area (Å²) in [5, 5.41) is 3.23. The van der Waals surface area contributed by atoms with Gasteiger partial charge in [0.15, 0.2) is 11.6 Å². The molecule has 0 aliphatic rings. The van der Waals surface area contributed by atoms with E-state index in [1.165, 1.54) is 0 Å². The molecule has 5 heteroatoms. The van der Waals surface area contributed by atoms with E-state index in [4.69, 9.17) is 0 Å². The third kappa shape index (κ3) is 5.43. The van der Waals surface area contributed by atoms with Crippen LogP contribution in [0.2, 0.25) is 0 Å². The minimum absolute atomic E-state index is 0.215. The molecule has 1 aromatic rings. The molecule has 0 saturated carbocycles.